The van der Waals surface area contributed by atoms with E-state index in [1.807, 2.05) is 64.1 Å². The van der Waals surface area contributed by atoms with Gasteiger partial charge in [0.15, 0.2) is 0 Å². The lowest BCUT2D eigenvalue weighted by molar-refractivity contribution is -0.127. The van der Waals surface area contributed by atoms with E-state index in [1.165, 1.54) is 0 Å². The third-order valence-corrected chi connectivity index (χ3v) is 6.03. The molecule has 1 aromatic heterocycles. The van der Waals surface area contributed by atoms with Crippen LogP contribution in [-0.2, 0) is 16.1 Å². The molecule has 2 aromatic carbocycles. The Morgan fingerprint density at radius 3 is 2.55 bits per heavy atom. The molecule has 2 amide bonds. The monoisotopic (exact) mass is 388 g/mol. The average Bonchev–Trinajstić information content (AvgIpc) is 3.44. The second-order valence-electron chi connectivity index (χ2n) is 7.90. The third kappa shape index (κ3) is 3.18. The number of nitrogens with zero attached hydrogens (tertiary/aromatic N) is 3. The van der Waals surface area contributed by atoms with Crippen LogP contribution in [0.15, 0.2) is 54.6 Å². The largest absolute Gasteiger partial charge is 0.352 e. The maximum atomic E-state index is 13.3. The number of benzene rings is 2. The molecule has 29 heavy (non-hydrogen) atoms. The van der Waals surface area contributed by atoms with Crippen LogP contribution in [0.5, 0.6) is 0 Å². The Labute approximate surface area is 169 Å². The zero-order valence-corrected chi connectivity index (χ0v) is 16.3. The average molecular weight is 388 g/mol. The van der Waals surface area contributed by atoms with Crippen molar-refractivity contribution in [3.8, 4) is 0 Å². The second kappa shape index (κ2) is 7.35. The second-order valence-corrected chi connectivity index (χ2v) is 7.90. The molecule has 0 radical (unpaired) electrons. The highest BCUT2D eigenvalue weighted by Gasteiger charge is 2.44. The molecule has 0 unspecified atom stereocenters. The van der Waals surface area contributed by atoms with Crippen molar-refractivity contribution in [2.45, 2.75) is 50.7 Å². The number of nitrogens with one attached hydrogen (secondary N) is 1. The number of carbonyl (C=O) groups excluding carboxylic acids is 2. The summed E-state index contributed by atoms with van der Waals surface area (Å²) in [6, 6.07) is 17.3. The maximum Gasteiger partial charge on any atom is 0.253 e. The van der Waals surface area contributed by atoms with Crippen LogP contribution in [0.1, 0.15) is 43.7 Å². The van der Waals surface area contributed by atoms with Gasteiger partial charge in [-0.1, -0.05) is 55.3 Å². The minimum Gasteiger partial charge on any atom is -0.352 e. The molecule has 2 heterocycles. The van der Waals surface area contributed by atoms with Crippen molar-refractivity contribution in [2.24, 2.45) is 0 Å². The highest BCUT2D eigenvalue weighted by Crippen LogP contribution is 2.40. The molecular formula is C23H24N4O2. The highest BCUT2D eigenvalue weighted by atomic mass is 16.2. The van der Waals surface area contributed by atoms with Crippen LogP contribution in [0.4, 0.5) is 5.95 Å². The van der Waals surface area contributed by atoms with Crippen molar-refractivity contribution in [3.05, 3.63) is 60.2 Å². The number of para-hydroxylation sites is 2. The number of amides is 2. The molecule has 1 fully saturated rings. The predicted molar refractivity (Wildman–Crippen MR) is 111 cm³/mol. The normalized spacial score (nSPS) is 19.1. The van der Waals surface area contributed by atoms with Gasteiger partial charge in [0.05, 0.1) is 17.5 Å². The van der Waals surface area contributed by atoms with Crippen molar-refractivity contribution in [1.29, 1.82) is 0 Å². The number of imidazole rings is 1. The summed E-state index contributed by atoms with van der Waals surface area (Å²) in [6.07, 6.45) is 4.40. The smallest absolute Gasteiger partial charge is 0.253 e. The first kappa shape index (κ1) is 17.9. The van der Waals surface area contributed by atoms with Gasteiger partial charge in [0.2, 0.25) is 11.9 Å². The SMILES string of the molecule is O=C(C[C@H]1C(=O)N(C2CCCC2)c2nc3ccccc3n21)NCc1ccccc1. The Balaban J connectivity index is 1.42. The molecule has 1 atom stereocenters. The molecule has 5 rings (SSSR count). The minimum atomic E-state index is -0.534. The Kier molecular flexibility index (Phi) is 4.54. The van der Waals surface area contributed by atoms with Gasteiger partial charge < -0.3 is 5.32 Å². The molecule has 148 valence electrons. The van der Waals surface area contributed by atoms with Crippen molar-refractivity contribution in [1.82, 2.24) is 14.9 Å². The fraction of sp³-hybridized carbons (Fsp3) is 0.348. The number of carbonyl (C=O) groups is 2. The van der Waals surface area contributed by atoms with Crippen molar-refractivity contribution in [3.63, 3.8) is 0 Å². The fourth-order valence-corrected chi connectivity index (χ4v) is 4.61. The molecule has 1 aliphatic heterocycles. The van der Waals surface area contributed by atoms with Crippen molar-refractivity contribution >= 4 is 28.8 Å². The number of hydrogen-bond acceptors (Lipinski definition) is 3. The molecule has 0 bridgehead atoms. The number of anilines is 1. The highest BCUT2D eigenvalue weighted by molar-refractivity contribution is 6.04. The van der Waals surface area contributed by atoms with Gasteiger partial charge in [0.1, 0.15) is 6.04 Å². The van der Waals surface area contributed by atoms with E-state index in [-0.39, 0.29) is 24.3 Å². The molecule has 0 spiro atoms. The lowest BCUT2D eigenvalue weighted by atomic mass is 10.1. The summed E-state index contributed by atoms with van der Waals surface area (Å²) in [7, 11) is 0. The fourth-order valence-electron chi connectivity index (χ4n) is 4.61. The van der Waals surface area contributed by atoms with Gasteiger partial charge in [0.25, 0.3) is 5.91 Å². The van der Waals surface area contributed by atoms with Gasteiger partial charge in [-0.3, -0.25) is 19.1 Å². The van der Waals surface area contributed by atoms with Crippen LogP contribution in [0.2, 0.25) is 0 Å². The van der Waals surface area contributed by atoms with Crippen molar-refractivity contribution in [2.75, 3.05) is 4.90 Å². The van der Waals surface area contributed by atoms with E-state index in [9.17, 15) is 9.59 Å². The molecule has 6 heteroatoms. The third-order valence-electron chi connectivity index (χ3n) is 6.03. The molecule has 1 N–H and O–H groups in total. The van der Waals surface area contributed by atoms with Crippen LogP contribution in [0.3, 0.4) is 0 Å². The van der Waals surface area contributed by atoms with Crippen LogP contribution < -0.4 is 10.2 Å². The lowest BCUT2D eigenvalue weighted by Gasteiger charge is -2.22. The Bertz CT molecular complexity index is 1050. The van der Waals surface area contributed by atoms with Crippen LogP contribution in [0.25, 0.3) is 11.0 Å². The van der Waals surface area contributed by atoms with Gasteiger partial charge >= 0.3 is 0 Å². The summed E-state index contributed by atoms with van der Waals surface area (Å²) < 4.78 is 1.97. The van der Waals surface area contributed by atoms with E-state index in [4.69, 9.17) is 4.98 Å². The predicted octanol–water partition coefficient (Wildman–Crippen LogP) is 3.57. The number of hydrogen-bond donors (Lipinski definition) is 1. The first-order valence-corrected chi connectivity index (χ1v) is 10.3. The molecular weight excluding hydrogens is 364 g/mol. The molecule has 6 nitrogen and oxygen atoms in total. The summed E-state index contributed by atoms with van der Waals surface area (Å²) >= 11 is 0. The summed E-state index contributed by atoms with van der Waals surface area (Å²) in [5.74, 6) is 0.577. The standard InChI is InChI=1S/C23H24N4O2/c28-21(24-15-16-8-2-1-3-9-16)14-20-22(29)26(17-10-4-5-11-17)23-25-18-12-6-7-13-19(18)27(20)23/h1-3,6-9,12-13,17,20H,4-5,10-11,14-15H2,(H,24,28)/t20-/m0/s1. The number of rotatable bonds is 5. The topological polar surface area (TPSA) is 67.2 Å². The maximum absolute atomic E-state index is 13.3. The van der Waals surface area contributed by atoms with Crippen LogP contribution in [-0.4, -0.2) is 27.4 Å². The zero-order chi connectivity index (χ0) is 19.8. The summed E-state index contributed by atoms with van der Waals surface area (Å²) in [5, 5.41) is 2.96. The number of aromatic nitrogens is 2. The summed E-state index contributed by atoms with van der Waals surface area (Å²) in [6.45, 7) is 0.463. The molecule has 1 aliphatic carbocycles. The van der Waals surface area contributed by atoms with Crippen LogP contribution >= 0.6 is 0 Å². The molecule has 3 aromatic rings. The Hall–Kier alpha value is -3.15. The van der Waals surface area contributed by atoms with E-state index in [0.29, 0.717) is 12.5 Å². The summed E-state index contributed by atoms with van der Waals surface area (Å²) in [5.41, 5.74) is 2.82. The quantitative estimate of drug-likeness (QED) is 0.727. The molecule has 0 saturated heterocycles. The van der Waals surface area contributed by atoms with Gasteiger partial charge in [-0.25, -0.2) is 4.98 Å². The van der Waals surface area contributed by atoms with E-state index in [0.717, 1.165) is 42.3 Å². The van der Waals surface area contributed by atoms with Gasteiger partial charge in [-0.2, -0.15) is 0 Å². The minimum absolute atomic E-state index is 0.0000131. The molecule has 1 saturated carbocycles. The Morgan fingerprint density at radius 1 is 1.03 bits per heavy atom. The first-order valence-electron chi connectivity index (χ1n) is 10.3. The van der Waals surface area contributed by atoms with E-state index in [1.54, 1.807) is 0 Å². The van der Waals surface area contributed by atoms with Gasteiger partial charge in [-0.15, -0.1) is 0 Å². The van der Waals surface area contributed by atoms with E-state index >= 15 is 0 Å². The molecule has 2 aliphatic rings. The van der Waals surface area contributed by atoms with Gasteiger partial charge in [-0.05, 0) is 30.5 Å². The number of fused-ring (bicyclic) bond motifs is 3. The zero-order valence-electron chi connectivity index (χ0n) is 16.3. The Morgan fingerprint density at radius 2 is 1.76 bits per heavy atom. The lowest BCUT2D eigenvalue weighted by Crippen LogP contribution is -2.38. The van der Waals surface area contributed by atoms with Crippen LogP contribution in [0, 0.1) is 0 Å². The summed E-state index contributed by atoms with van der Waals surface area (Å²) in [4.78, 5) is 32.7. The first-order chi connectivity index (χ1) is 14.2. The van der Waals surface area contributed by atoms with Crippen molar-refractivity contribution < 1.29 is 9.59 Å². The van der Waals surface area contributed by atoms with Gasteiger partial charge in [0, 0.05) is 12.6 Å². The van der Waals surface area contributed by atoms with E-state index in [2.05, 4.69) is 5.32 Å². The van der Waals surface area contributed by atoms with E-state index < -0.39 is 6.04 Å².